The van der Waals surface area contributed by atoms with Crippen LogP contribution in [-0.4, -0.2) is 18.9 Å². The lowest BCUT2D eigenvalue weighted by atomic mass is 9.98. The highest BCUT2D eigenvalue weighted by molar-refractivity contribution is 6.11. The van der Waals surface area contributed by atoms with Gasteiger partial charge in [-0.15, -0.1) is 0 Å². The third-order valence-corrected chi connectivity index (χ3v) is 3.77. The van der Waals surface area contributed by atoms with Crippen LogP contribution in [0.1, 0.15) is 16.8 Å². The molecule has 2 aromatic carbocycles. The molecule has 0 bridgehead atoms. The molecule has 0 aromatic heterocycles. The van der Waals surface area contributed by atoms with Crippen molar-refractivity contribution in [2.24, 2.45) is 11.8 Å². The van der Waals surface area contributed by atoms with Crippen LogP contribution in [0.2, 0.25) is 0 Å². The fourth-order valence-corrected chi connectivity index (χ4v) is 2.57. The molecule has 1 saturated carbocycles. The molecular formula is C16H13FO3. The highest BCUT2D eigenvalue weighted by atomic mass is 19.1. The van der Waals surface area contributed by atoms with E-state index in [1.54, 1.807) is 24.3 Å². The number of fused-ring (bicyclic) bond motifs is 1. The van der Waals surface area contributed by atoms with Gasteiger partial charge in [0.2, 0.25) is 0 Å². The monoisotopic (exact) mass is 272 g/mol. The van der Waals surface area contributed by atoms with Crippen molar-refractivity contribution in [1.82, 2.24) is 0 Å². The number of ether oxygens (including phenoxy) is 1. The largest absolute Gasteiger partial charge is 0.469 e. The van der Waals surface area contributed by atoms with E-state index in [4.69, 9.17) is 0 Å². The van der Waals surface area contributed by atoms with E-state index in [9.17, 15) is 14.0 Å². The predicted molar refractivity (Wildman–Crippen MR) is 71.8 cm³/mol. The lowest BCUT2D eigenvalue weighted by molar-refractivity contribution is -0.142. The number of ketones is 1. The quantitative estimate of drug-likeness (QED) is 0.637. The van der Waals surface area contributed by atoms with E-state index in [1.165, 1.54) is 19.2 Å². The van der Waals surface area contributed by atoms with Crippen molar-refractivity contribution >= 4 is 22.5 Å². The third kappa shape index (κ3) is 1.97. The zero-order valence-electron chi connectivity index (χ0n) is 10.9. The highest BCUT2D eigenvalue weighted by Crippen LogP contribution is 2.42. The van der Waals surface area contributed by atoms with Gasteiger partial charge in [0.15, 0.2) is 5.78 Å². The van der Waals surface area contributed by atoms with E-state index in [2.05, 4.69) is 4.74 Å². The molecule has 3 rings (SSSR count). The lowest BCUT2D eigenvalue weighted by Gasteiger charge is -2.06. The number of halogens is 1. The Morgan fingerprint density at radius 3 is 2.50 bits per heavy atom. The molecule has 0 saturated heterocycles. The maximum absolute atomic E-state index is 13.7. The summed E-state index contributed by atoms with van der Waals surface area (Å²) in [6.07, 6.45) is 0.511. The second kappa shape index (κ2) is 4.71. The standard InChI is InChI=1S/C16H13FO3/c1-20-16(19)13-8-12(13)15(18)11-6-7-14(17)10-5-3-2-4-9(10)11/h2-7,12-13H,8H2,1H3/t12-,13+/m0/s1. The molecule has 4 heteroatoms. The summed E-state index contributed by atoms with van der Waals surface area (Å²) in [5.41, 5.74) is 0.471. The molecule has 0 unspecified atom stereocenters. The zero-order valence-corrected chi connectivity index (χ0v) is 10.9. The SMILES string of the molecule is COC(=O)[C@@H]1C[C@@H]1C(=O)c1ccc(F)c2ccccc12. The number of methoxy groups -OCH3 is 1. The van der Waals surface area contributed by atoms with Gasteiger partial charge in [-0.3, -0.25) is 9.59 Å². The molecule has 1 aliphatic rings. The first-order valence-electron chi connectivity index (χ1n) is 6.42. The smallest absolute Gasteiger partial charge is 0.309 e. The van der Waals surface area contributed by atoms with Crippen LogP contribution in [0, 0.1) is 17.7 Å². The van der Waals surface area contributed by atoms with Crippen molar-refractivity contribution in [2.75, 3.05) is 7.11 Å². The summed E-state index contributed by atoms with van der Waals surface area (Å²) in [7, 11) is 1.31. The third-order valence-electron chi connectivity index (χ3n) is 3.77. The average Bonchev–Trinajstić information content (AvgIpc) is 3.27. The molecule has 0 heterocycles. The fourth-order valence-electron chi connectivity index (χ4n) is 2.57. The number of hydrogen-bond acceptors (Lipinski definition) is 3. The first kappa shape index (κ1) is 12.8. The zero-order chi connectivity index (χ0) is 14.3. The fraction of sp³-hybridized carbons (Fsp3) is 0.250. The summed E-state index contributed by atoms with van der Waals surface area (Å²) in [5, 5.41) is 1.02. The number of hydrogen-bond donors (Lipinski definition) is 0. The number of Topliss-reactive ketones (excluding diaryl/α,β-unsaturated/α-hetero) is 1. The molecule has 2 atom stereocenters. The Bertz CT molecular complexity index is 708. The Balaban J connectivity index is 1.98. The van der Waals surface area contributed by atoms with E-state index >= 15 is 0 Å². The van der Waals surface area contributed by atoms with Gasteiger partial charge < -0.3 is 4.74 Å². The first-order chi connectivity index (χ1) is 9.63. The normalized spacial score (nSPS) is 20.7. The summed E-state index contributed by atoms with van der Waals surface area (Å²) in [6.45, 7) is 0. The van der Waals surface area contributed by atoms with Crippen LogP contribution >= 0.6 is 0 Å². The Hall–Kier alpha value is -2.23. The van der Waals surface area contributed by atoms with Gasteiger partial charge in [0, 0.05) is 16.9 Å². The van der Waals surface area contributed by atoms with Gasteiger partial charge in [-0.1, -0.05) is 24.3 Å². The summed E-state index contributed by atoms with van der Waals surface area (Å²) in [6, 6.07) is 9.66. The molecule has 1 fully saturated rings. The summed E-state index contributed by atoms with van der Waals surface area (Å²) in [5.74, 6) is -1.50. The van der Waals surface area contributed by atoms with Crippen LogP contribution in [0.4, 0.5) is 4.39 Å². The molecule has 2 aromatic rings. The summed E-state index contributed by atoms with van der Waals surface area (Å²) < 4.78 is 18.4. The van der Waals surface area contributed by atoms with Crippen LogP contribution in [0.15, 0.2) is 36.4 Å². The van der Waals surface area contributed by atoms with Crippen LogP contribution < -0.4 is 0 Å². The average molecular weight is 272 g/mol. The van der Waals surface area contributed by atoms with Gasteiger partial charge in [0.1, 0.15) is 5.82 Å². The van der Waals surface area contributed by atoms with Crippen molar-refractivity contribution in [1.29, 1.82) is 0 Å². The van der Waals surface area contributed by atoms with Crippen molar-refractivity contribution in [3.8, 4) is 0 Å². The molecule has 1 aliphatic carbocycles. The Kier molecular flexibility index (Phi) is 3.01. The number of benzene rings is 2. The van der Waals surface area contributed by atoms with Gasteiger partial charge in [0.05, 0.1) is 13.0 Å². The maximum Gasteiger partial charge on any atom is 0.309 e. The Labute approximate surface area is 115 Å². The summed E-state index contributed by atoms with van der Waals surface area (Å²) >= 11 is 0. The molecule has 0 N–H and O–H groups in total. The van der Waals surface area contributed by atoms with Crippen LogP contribution in [0.25, 0.3) is 10.8 Å². The van der Waals surface area contributed by atoms with E-state index < -0.39 is 0 Å². The van der Waals surface area contributed by atoms with Gasteiger partial charge in [-0.05, 0) is 23.9 Å². The minimum Gasteiger partial charge on any atom is -0.469 e. The van der Waals surface area contributed by atoms with Crippen molar-refractivity contribution < 1.29 is 18.7 Å². The topological polar surface area (TPSA) is 43.4 Å². The highest BCUT2D eigenvalue weighted by Gasteiger charge is 2.49. The van der Waals surface area contributed by atoms with Gasteiger partial charge in [0.25, 0.3) is 0 Å². The molecule has 0 amide bonds. The Morgan fingerprint density at radius 1 is 1.10 bits per heavy atom. The minimum absolute atomic E-state index is 0.114. The van der Waals surface area contributed by atoms with Crippen molar-refractivity contribution in [2.45, 2.75) is 6.42 Å². The second-order valence-corrected chi connectivity index (χ2v) is 4.98. The first-order valence-corrected chi connectivity index (χ1v) is 6.42. The molecule has 3 nitrogen and oxygen atoms in total. The van der Waals surface area contributed by atoms with Crippen LogP contribution in [-0.2, 0) is 9.53 Å². The molecule has 0 spiro atoms. The second-order valence-electron chi connectivity index (χ2n) is 4.98. The molecule has 20 heavy (non-hydrogen) atoms. The van der Waals surface area contributed by atoms with Crippen molar-refractivity contribution in [3.63, 3.8) is 0 Å². The predicted octanol–water partition coefficient (Wildman–Crippen LogP) is 2.97. The molecule has 102 valence electrons. The van der Waals surface area contributed by atoms with E-state index in [0.717, 1.165) is 0 Å². The maximum atomic E-state index is 13.7. The van der Waals surface area contributed by atoms with E-state index in [1.807, 2.05) is 0 Å². The van der Waals surface area contributed by atoms with Crippen LogP contribution in [0.3, 0.4) is 0 Å². The number of carbonyl (C=O) groups excluding carboxylic acids is 2. The summed E-state index contributed by atoms with van der Waals surface area (Å²) in [4.78, 5) is 23.8. The van der Waals surface area contributed by atoms with Gasteiger partial charge in [-0.25, -0.2) is 4.39 Å². The van der Waals surface area contributed by atoms with E-state index in [-0.39, 0.29) is 29.4 Å². The van der Waals surface area contributed by atoms with Gasteiger partial charge >= 0.3 is 5.97 Å². The lowest BCUT2D eigenvalue weighted by Crippen LogP contribution is -2.10. The number of esters is 1. The minimum atomic E-state index is -0.352. The molecule has 0 radical (unpaired) electrons. The van der Waals surface area contributed by atoms with Crippen LogP contribution in [0.5, 0.6) is 0 Å². The van der Waals surface area contributed by atoms with E-state index in [0.29, 0.717) is 22.8 Å². The molecular weight excluding hydrogens is 259 g/mol. The molecule has 0 aliphatic heterocycles. The number of rotatable bonds is 3. The van der Waals surface area contributed by atoms with Crippen molar-refractivity contribution in [3.05, 3.63) is 47.8 Å². The van der Waals surface area contributed by atoms with Gasteiger partial charge in [-0.2, -0.15) is 0 Å². The number of carbonyl (C=O) groups is 2. The Morgan fingerprint density at radius 2 is 1.80 bits per heavy atom.